The molecule has 1 atom stereocenters. The second kappa shape index (κ2) is 12.1. The van der Waals surface area contributed by atoms with Crippen molar-refractivity contribution in [2.75, 3.05) is 0 Å². The first-order valence-electron chi connectivity index (χ1n) is 12.8. The van der Waals surface area contributed by atoms with Gasteiger partial charge in [-0.15, -0.1) is 21.5 Å². The lowest BCUT2D eigenvalue weighted by molar-refractivity contribution is -0.145. The Balaban J connectivity index is 1.44. The highest BCUT2D eigenvalue weighted by Crippen LogP contribution is 2.31. The molecule has 2 aromatic heterocycles. The van der Waals surface area contributed by atoms with Crippen molar-refractivity contribution in [3.8, 4) is 10.7 Å². The average Bonchev–Trinajstić information content (AvgIpc) is 3.65. The van der Waals surface area contributed by atoms with Gasteiger partial charge in [-0.1, -0.05) is 67.8 Å². The van der Waals surface area contributed by atoms with E-state index >= 15 is 0 Å². The number of carbonyl (C=O) groups is 2. The molecule has 8 nitrogen and oxygen atoms in total. The zero-order valence-electron chi connectivity index (χ0n) is 20.9. The maximum Gasteiger partial charge on any atom is 0.247 e. The number of hydrogen-bond acceptors (Lipinski definition) is 6. The van der Waals surface area contributed by atoms with Crippen LogP contribution >= 0.6 is 11.3 Å². The summed E-state index contributed by atoms with van der Waals surface area (Å²) in [6.45, 7) is 0.164. The van der Waals surface area contributed by atoms with Crippen LogP contribution in [-0.2, 0) is 22.7 Å². The van der Waals surface area contributed by atoms with E-state index in [0.29, 0.717) is 17.9 Å². The molecule has 38 heavy (non-hydrogen) atoms. The lowest BCUT2D eigenvalue weighted by Crippen LogP contribution is -2.50. The molecule has 1 aliphatic carbocycles. The van der Waals surface area contributed by atoms with Crippen molar-refractivity contribution in [1.82, 2.24) is 30.4 Å². The van der Waals surface area contributed by atoms with Crippen molar-refractivity contribution in [3.63, 3.8) is 0 Å². The van der Waals surface area contributed by atoms with Crippen LogP contribution in [0.4, 0.5) is 4.39 Å². The summed E-state index contributed by atoms with van der Waals surface area (Å²) in [5.41, 5.74) is 1.50. The Morgan fingerprint density at radius 3 is 2.50 bits per heavy atom. The number of carbonyl (C=O) groups excluding carboxylic acids is 2. The smallest absolute Gasteiger partial charge is 0.247 e. The predicted molar refractivity (Wildman–Crippen MR) is 142 cm³/mol. The van der Waals surface area contributed by atoms with Crippen molar-refractivity contribution in [2.24, 2.45) is 0 Å². The molecule has 1 fully saturated rings. The third-order valence-electron chi connectivity index (χ3n) is 6.75. The number of benzene rings is 2. The number of amides is 2. The lowest BCUT2D eigenvalue weighted by atomic mass is 9.91. The van der Waals surface area contributed by atoms with Crippen LogP contribution in [0.2, 0.25) is 0 Å². The van der Waals surface area contributed by atoms with Gasteiger partial charge in [-0.05, 0) is 52.8 Å². The minimum atomic E-state index is -0.921. The van der Waals surface area contributed by atoms with Crippen molar-refractivity contribution in [1.29, 1.82) is 0 Å². The number of halogens is 1. The van der Waals surface area contributed by atoms with Gasteiger partial charge in [0.15, 0.2) is 0 Å². The monoisotopic (exact) mass is 532 g/mol. The van der Waals surface area contributed by atoms with Crippen LogP contribution < -0.4 is 5.32 Å². The van der Waals surface area contributed by atoms with Crippen LogP contribution in [-0.4, -0.2) is 43.0 Å². The van der Waals surface area contributed by atoms with Crippen LogP contribution in [0.25, 0.3) is 10.7 Å². The molecule has 5 rings (SSSR count). The summed E-state index contributed by atoms with van der Waals surface area (Å²) < 4.78 is 13.8. The van der Waals surface area contributed by atoms with Crippen LogP contribution in [0.1, 0.15) is 49.3 Å². The van der Waals surface area contributed by atoms with Gasteiger partial charge in [0.05, 0.1) is 4.88 Å². The number of thiophene rings is 1. The average molecular weight is 533 g/mol. The molecular weight excluding hydrogens is 503 g/mol. The number of nitrogens with one attached hydrogen (secondary N) is 1. The Kier molecular flexibility index (Phi) is 8.18. The zero-order chi connectivity index (χ0) is 26.3. The normalized spacial score (nSPS) is 14.7. The highest BCUT2D eigenvalue weighted by atomic mass is 32.1. The summed E-state index contributed by atoms with van der Waals surface area (Å²) in [4.78, 5) is 31.5. The van der Waals surface area contributed by atoms with E-state index in [0.717, 1.165) is 42.5 Å². The zero-order valence-corrected chi connectivity index (χ0v) is 21.7. The lowest BCUT2D eigenvalue weighted by Gasteiger charge is -2.39. The molecule has 2 aromatic carbocycles. The van der Waals surface area contributed by atoms with Gasteiger partial charge in [0.1, 0.15) is 18.4 Å². The summed E-state index contributed by atoms with van der Waals surface area (Å²) in [5, 5.41) is 17.5. The van der Waals surface area contributed by atoms with E-state index in [-0.39, 0.29) is 24.4 Å². The molecule has 0 unspecified atom stereocenters. The van der Waals surface area contributed by atoms with E-state index in [1.807, 2.05) is 47.8 Å². The largest absolute Gasteiger partial charge is 0.350 e. The number of rotatable bonds is 9. The van der Waals surface area contributed by atoms with Crippen LogP contribution in [0, 0.1) is 5.82 Å². The molecule has 10 heteroatoms. The van der Waals surface area contributed by atoms with Crippen molar-refractivity contribution < 1.29 is 14.0 Å². The first-order chi connectivity index (χ1) is 18.6. The van der Waals surface area contributed by atoms with Gasteiger partial charge in [-0.3, -0.25) is 9.59 Å². The summed E-state index contributed by atoms with van der Waals surface area (Å²) >= 11 is 1.49. The molecule has 2 amide bonds. The summed E-state index contributed by atoms with van der Waals surface area (Å²) in [7, 11) is 0. The van der Waals surface area contributed by atoms with E-state index in [9.17, 15) is 14.0 Å². The van der Waals surface area contributed by atoms with Gasteiger partial charge in [-0.25, -0.2) is 4.39 Å². The van der Waals surface area contributed by atoms with Crippen molar-refractivity contribution in [3.05, 3.63) is 89.1 Å². The topological polar surface area (TPSA) is 93.0 Å². The standard InChI is InChI=1S/C28H29FN6O2S/c29-22-15-13-21(14-16-22)26(28(37)30-18-20-8-3-1-4-9-20)35(23-10-5-2-6-11-23)25(36)19-34-32-27(31-33-34)24-12-7-17-38-24/h1,3-4,7-9,12-17,23,26H,2,5-6,10-11,18-19H2,(H,30,37)/t26-/m1/s1. The highest BCUT2D eigenvalue weighted by molar-refractivity contribution is 7.13. The molecule has 0 radical (unpaired) electrons. The molecule has 0 saturated heterocycles. The molecule has 0 spiro atoms. The number of hydrogen-bond donors (Lipinski definition) is 1. The maximum absolute atomic E-state index is 13.9. The Morgan fingerprint density at radius 1 is 1.03 bits per heavy atom. The van der Waals surface area contributed by atoms with Gasteiger partial charge >= 0.3 is 0 Å². The molecule has 0 aliphatic heterocycles. The van der Waals surface area contributed by atoms with E-state index < -0.39 is 11.9 Å². The van der Waals surface area contributed by atoms with Crippen LogP contribution in [0.15, 0.2) is 72.1 Å². The van der Waals surface area contributed by atoms with Gasteiger partial charge in [0.2, 0.25) is 17.6 Å². The predicted octanol–water partition coefficient (Wildman–Crippen LogP) is 4.76. The highest BCUT2D eigenvalue weighted by Gasteiger charge is 2.37. The summed E-state index contributed by atoms with van der Waals surface area (Å²) in [6.07, 6.45) is 4.62. The number of nitrogens with zero attached hydrogens (tertiary/aromatic N) is 5. The molecule has 2 heterocycles. The molecular formula is C28H29FN6O2S. The third-order valence-corrected chi connectivity index (χ3v) is 7.61. The quantitative estimate of drug-likeness (QED) is 0.336. The van der Waals surface area contributed by atoms with Gasteiger partial charge in [0, 0.05) is 12.6 Å². The molecule has 1 N–H and O–H groups in total. The van der Waals surface area contributed by atoms with E-state index in [4.69, 9.17) is 0 Å². The van der Waals surface area contributed by atoms with Gasteiger partial charge in [0.25, 0.3) is 0 Å². The Morgan fingerprint density at radius 2 is 1.79 bits per heavy atom. The number of tetrazole rings is 1. The molecule has 1 saturated carbocycles. The summed E-state index contributed by atoms with van der Waals surface area (Å²) in [5.74, 6) is -0.546. The maximum atomic E-state index is 13.9. The van der Waals surface area contributed by atoms with E-state index in [1.165, 1.54) is 28.3 Å². The number of aromatic nitrogens is 4. The molecule has 0 bridgehead atoms. The molecule has 4 aromatic rings. The van der Waals surface area contributed by atoms with Gasteiger partial charge < -0.3 is 10.2 Å². The minimum absolute atomic E-state index is 0.130. The fourth-order valence-electron chi connectivity index (χ4n) is 4.90. The SMILES string of the molecule is O=C(NCc1ccccc1)[C@@H](c1ccc(F)cc1)N(C(=O)Cn1nnc(-c2cccs2)n1)C1CCCCC1. The van der Waals surface area contributed by atoms with Crippen molar-refractivity contribution >= 4 is 23.2 Å². The first kappa shape index (κ1) is 25.7. The Labute approximate surface area is 224 Å². The van der Waals surface area contributed by atoms with Gasteiger partial charge in [-0.2, -0.15) is 4.80 Å². The second-order valence-electron chi connectivity index (χ2n) is 9.37. The summed E-state index contributed by atoms with van der Waals surface area (Å²) in [6, 6.07) is 18.1. The first-order valence-corrected chi connectivity index (χ1v) is 13.7. The molecule has 196 valence electrons. The fraction of sp³-hybridized carbons (Fsp3) is 0.321. The van der Waals surface area contributed by atoms with E-state index in [1.54, 1.807) is 17.0 Å². The van der Waals surface area contributed by atoms with Crippen LogP contribution in [0.3, 0.4) is 0 Å². The van der Waals surface area contributed by atoms with E-state index in [2.05, 4.69) is 20.7 Å². The minimum Gasteiger partial charge on any atom is -0.350 e. The second-order valence-corrected chi connectivity index (χ2v) is 10.3. The fourth-order valence-corrected chi connectivity index (χ4v) is 5.55. The Bertz CT molecular complexity index is 1340. The third kappa shape index (κ3) is 6.13. The Hall–Kier alpha value is -3.92. The van der Waals surface area contributed by atoms with Crippen LogP contribution in [0.5, 0.6) is 0 Å². The molecule has 1 aliphatic rings. The van der Waals surface area contributed by atoms with Crippen molar-refractivity contribution in [2.45, 2.75) is 57.3 Å².